The number of fused-ring (bicyclic) bond motifs is 1. The van der Waals surface area contributed by atoms with E-state index in [-0.39, 0.29) is 17.3 Å². The Balaban J connectivity index is 1.57. The maximum absolute atomic E-state index is 12.9. The van der Waals surface area contributed by atoms with E-state index in [4.69, 9.17) is 4.42 Å². The smallest absolute Gasteiger partial charge is 0.274 e. The van der Waals surface area contributed by atoms with Crippen LogP contribution >= 0.6 is 0 Å². The number of nitro groups is 1. The van der Waals surface area contributed by atoms with Gasteiger partial charge < -0.3 is 9.32 Å². The largest absolute Gasteiger partial charge is 0.461 e. The van der Waals surface area contributed by atoms with Crippen molar-refractivity contribution in [3.05, 3.63) is 87.9 Å². The maximum atomic E-state index is 12.9. The predicted octanol–water partition coefficient (Wildman–Crippen LogP) is 4.36. The van der Waals surface area contributed by atoms with Crippen molar-refractivity contribution >= 4 is 22.6 Å². The number of hydrogen-bond acceptors (Lipinski definition) is 5. The average molecular weight is 404 g/mol. The molecule has 2 aromatic heterocycles. The van der Waals surface area contributed by atoms with Crippen LogP contribution < -0.4 is 0 Å². The zero-order valence-corrected chi connectivity index (χ0v) is 16.6. The number of benzene rings is 2. The molecule has 8 heteroatoms. The van der Waals surface area contributed by atoms with Gasteiger partial charge in [-0.15, -0.1) is 0 Å². The molecule has 8 nitrogen and oxygen atoms in total. The van der Waals surface area contributed by atoms with E-state index in [1.807, 2.05) is 31.2 Å². The van der Waals surface area contributed by atoms with Crippen molar-refractivity contribution in [2.45, 2.75) is 19.9 Å². The highest BCUT2D eigenvalue weighted by atomic mass is 16.6. The molecule has 0 aliphatic heterocycles. The molecule has 0 saturated carbocycles. The summed E-state index contributed by atoms with van der Waals surface area (Å²) >= 11 is 0. The summed E-state index contributed by atoms with van der Waals surface area (Å²) in [5, 5.41) is 16.3. The molecule has 4 aromatic rings. The molecule has 2 aromatic carbocycles. The van der Waals surface area contributed by atoms with E-state index in [9.17, 15) is 14.9 Å². The molecule has 0 atom stereocenters. The monoisotopic (exact) mass is 404 g/mol. The van der Waals surface area contributed by atoms with Gasteiger partial charge in [-0.25, -0.2) is 4.68 Å². The van der Waals surface area contributed by atoms with Gasteiger partial charge in [-0.3, -0.25) is 14.9 Å². The number of aryl methyl sites for hydroxylation is 1. The Morgan fingerprint density at radius 3 is 2.77 bits per heavy atom. The standard InChI is InChI=1S/C22H20N4O4/c1-3-20-18(17-9-4-5-10-21(17)30-20)14-24(2)22(27)19-11-12-25(23-19)15-7-6-8-16(13-15)26(28)29/h4-13H,3,14H2,1-2H3. The third-order valence-electron chi connectivity index (χ3n) is 4.96. The van der Waals surface area contributed by atoms with Gasteiger partial charge in [0, 0.05) is 49.3 Å². The van der Waals surface area contributed by atoms with Crippen LogP contribution in [0.3, 0.4) is 0 Å². The Labute approximate surface area is 172 Å². The number of non-ortho nitro benzene ring substituents is 1. The summed E-state index contributed by atoms with van der Waals surface area (Å²) in [6.07, 6.45) is 2.35. The highest BCUT2D eigenvalue weighted by Crippen LogP contribution is 2.27. The lowest BCUT2D eigenvalue weighted by atomic mass is 10.1. The second-order valence-corrected chi connectivity index (χ2v) is 6.94. The Bertz CT molecular complexity index is 1240. The van der Waals surface area contributed by atoms with Crippen LogP contribution in [0, 0.1) is 10.1 Å². The van der Waals surface area contributed by atoms with Crippen molar-refractivity contribution in [3.8, 4) is 5.69 Å². The summed E-state index contributed by atoms with van der Waals surface area (Å²) in [5.41, 5.74) is 2.53. The van der Waals surface area contributed by atoms with Gasteiger partial charge in [0.1, 0.15) is 11.3 Å². The lowest BCUT2D eigenvalue weighted by molar-refractivity contribution is -0.384. The first-order valence-corrected chi connectivity index (χ1v) is 9.53. The van der Waals surface area contributed by atoms with Crippen molar-refractivity contribution in [3.63, 3.8) is 0 Å². The van der Waals surface area contributed by atoms with Crippen LogP contribution in [0.5, 0.6) is 0 Å². The van der Waals surface area contributed by atoms with E-state index in [2.05, 4.69) is 5.10 Å². The number of carbonyl (C=O) groups excluding carboxylic acids is 1. The minimum Gasteiger partial charge on any atom is -0.461 e. The number of nitro benzene ring substituents is 1. The van der Waals surface area contributed by atoms with Crippen molar-refractivity contribution in [2.24, 2.45) is 0 Å². The van der Waals surface area contributed by atoms with Crippen LogP contribution in [0.25, 0.3) is 16.7 Å². The number of hydrogen-bond donors (Lipinski definition) is 0. The Morgan fingerprint density at radius 2 is 2.00 bits per heavy atom. The van der Waals surface area contributed by atoms with Crippen LogP contribution in [0.2, 0.25) is 0 Å². The van der Waals surface area contributed by atoms with Gasteiger partial charge in [0.15, 0.2) is 5.69 Å². The molecule has 0 unspecified atom stereocenters. The fraction of sp³-hybridized carbons (Fsp3) is 0.182. The third kappa shape index (κ3) is 3.55. The third-order valence-corrected chi connectivity index (χ3v) is 4.96. The lowest BCUT2D eigenvalue weighted by Crippen LogP contribution is -2.27. The number of carbonyl (C=O) groups is 1. The first kappa shape index (κ1) is 19.4. The molecule has 0 radical (unpaired) electrons. The number of para-hydroxylation sites is 1. The molecule has 0 saturated heterocycles. The summed E-state index contributed by atoms with van der Waals surface area (Å²) in [5.74, 6) is 0.615. The Hall–Kier alpha value is -3.94. The molecule has 0 N–H and O–H groups in total. The van der Waals surface area contributed by atoms with E-state index in [0.717, 1.165) is 28.7 Å². The molecule has 0 aliphatic carbocycles. The molecule has 0 bridgehead atoms. The van der Waals surface area contributed by atoms with E-state index in [0.29, 0.717) is 12.2 Å². The summed E-state index contributed by atoms with van der Waals surface area (Å²) in [6, 6.07) is 15.5. The van der Waals surface area contributed by atoms with Crippen LogP contribution in [-0.2, 0) is 13.0 Å². The van der Waals surface area contributed by atoms with Crippen molar-refractivity contribution in [1.82, 2.24) is 14.7 Å². The molecule has 30 heavy (non-hydrogen) atoms. The van der Waals surface area contributed by atoms with Crippen molar-refractivity contribution in [1.29, 1.82) is 0 Å². The Kier molecular flexibility index (Phi) is 5.05. The fourth-order valence-corrected chi connectivity index (χ4v) is 3.44. The van der Waals surface area contributed by atoms with Gasteiger partial charge in [-0.05, 0) is 18.2 Å². The number of nitrogens with zero attached hydrogens (tertiary/aromatic N) is 4. The predicted molar refractivity (Wildman–Crippen MR) is 112 cm³/mol. The first-order valence-electron chi connectivity index (χ1n) is 9.53. The highest BCUT2D eigenvalue weighted by Gasteiger charge is 2.20. The number of amides is 1. The molecular formula is C22H20N4O4. The van der Waals surface area contributed by atoms with Gasteiger partial charge >= 0.3 is 0 Å². The summed E-state index contributed by atoms with van der Waals surface area (Å²) < 4.78 is 7.37. The topological polar surface area (TPSA) is 94.4 Å². The summed E-state index contributed by atoms with van der Waals surface area (Å²) in [4.78, 5) is 25.1. The minimum absolute atomic E-state index is 0.0353. The Morgan fingerprint density at radius 1 is 1.20 bits per heavy atom. The quantitative estimate of drug-likeness (QED) is 0.351. The number of furan rings is 1. The first-order chi connectivity index (χ1) is 14.5. The lowest BCUT2D eigenvalue weighted by Gasteiger charge is -2.16. The number of aromatic nitrogens is 2. The normalized spacial score (nSPS) is 11.0. The SMILES string of the molecule is CCc1oc2ccccc2c1CN(C)C(=O)c1ccn(-c2cccc([N+](=O)[O-])c2)n1. The van der Waals surface area contributed by atoms with Gasteiger partial charge in [0.25, 0.3) is 11.6 Å². The summed E-state index contributed by atoms with van der Waals surface area (Å²) in [7, 11) is 1.72. The van der Waals surface area contributed by atoms with Gasteiger partial charge in [-0.1, -0.05) is 31.2 Å². The second kappa shape index (κ2) is 7.82. The average Bonchev–Trinajstić information content (AvgIpc) is 3.38. The van der Waals surface area contributed by atoms with E-state index >= 15 is 0 Å². The zero-order chi connectivity index (χ0) is 21.3. The fourth-order valence-electron chi connectivity index (χ4n) is 3.44. The van der Waals surface area contributed by atoms with Crippen LogP contribution in [0.1, 0.15) is 28.7 Å². The highest BCUT2D eigenvalue weighted by molar-refractivity contribution is 5.92. The van der Waals surface area contributed by atoms with Gasteiger partial charge in [0.2, 0.25) is 0 Å². The van der Waals surface area contributed by atoms with Crippen LogP contribution in [0.4, 0.5) is 5.69 Å². The van der Waals surface area contributed by atoms with Gasteiger partial charge in [-0.2, -0.15) is 5.10 Å². The van der Waals surface area contributed by atoms with Crippen LogP contribution in [-0.4, -0.2) is 32.6 Å². The molecular weight excluding hydrogens is 384 g/mol. The molecule has 0 aliphatic rings. The van der Waals surface area contributed by atoms with E-state index in [1.165, 1.54) is 16.8 Å². The van der Waals surface area contributed by atoms with Gasteiger partial charge in [0.05, 0.1) is 10.6 Å². The minimum atomic E-state index is -0.465. The van der Waals surface area contributed by atoms with Crippen molar-refractivity contribution < 1.29 is 14.1 Å². The second-order valence-electron chi connectivity index (χ2n) is 6.94. The molecule has 1 amide bonds. The number of rotatable bonds is 6. The molecule has 0 spiro atoms. The maximum Gasteiger partial charge on any atom is 0.274 e. The van der Waals surface area contributed by atoms with Crippen molar-refractivity contribution in [2.75, 3.05) is 7.05 Å². The molecule has 152 valence electrons. The molecule has 0 fully saturated rings. The molecule has 4 rings (SSSR count). The van der Waals surface area contributed by atoms with E-state index < -0.39 is 4.92 Å². The van der Waals surface area contributed by atoms with E-state index in [1.54, 1.807) is 36.3 Å². The van der Waals surface area contributed by atoms with Crippen LogP contribution in [0.15, 0.2) is 65.2 Å². The zero-order valence-electron chi connectivity index (χ0n) is 16.6. The molecule has 2 heterocycles. The summed E-state index contributed by atoms with van der Waals surface area (Å²) in [6.45, 7) is 2.41.